The highest BCUT2D eigenvalue weighted by Crippen LogP contribution is 2.26. The topological polar surface area (TPSA) is 58.8 Å². The van der Waals surface area contributed by atoms with Gasteiger partial charge in [0.1, 0.15) is 5.76 Å². The lowest BCUT2D eigenvalue weighted by molar-refractivity contribution is -0.101. The summed E-state index contributed by atoms with van der Waals surface area (Å²) in [6.07, 6.45) is 6.34. The molecule has 2 atom stereocenters. The molecule has 0 saturated carbocycles. The average Bonchev–Trinajstić information content (AvgIpc) is 3.08. The van der Waals surface area contributed by atoms with Crippen molar-refractivity contribution in [3.8, 4) is 0 Å². The summed E-state index contributed by atoms with van der Waals surface area (Å²) in [7, 11) is 0. The highest BCUT2D eigenvalue weighted by atomic mass is 16.5. The number of piperidine rings is 1. The molecule has 4 heterocycles. The number of morpholine rings is 1. The van der Waals surface area contributed by atoms with Gasteiger partial charge in [0.05, 0.1) is 30.6 Å². The number of fused-ring (bicyclic) bond motifs is 1. The Morgan fingerprint density at radius 1 is 1.36 bits per heavy atom. The van der Waals surface area contributed by atoms with Gasteiger partial charge in [-0.25, -0.2) is 0 Å². The average molecular weight is 341 g/mol. The Morgan fingerprint density at radius 3 is 3.04 bits per heavy atom. The molecular formula is C19H23N3O3. The van der Waals surface area contributed by atoms with Gasteiger partial charge in [0.2, 0.25) is 0 Å². The van der Waals surface area contributed by atoms with Crippen LogP contribution in [-0.4, -0.2) is 59.1 Å². The Kier molecular flexibility index (Phi) is 4.55. The van der Waals surface area contributed by atoms with Crippen LogP contribution in [0.4, 0.5) is 0 Å². The fraction of sp³-hybridized carbons (Fsp3) is 0.474. The van der Waals surface area contributed by atoms with Crippen LogP contribution in [0.3, 0.4) is 0 Å². The van der Waals surface area contributed by atoms with Crippen molar-refractivity contribution in [2.45, 2.75) is 32.0 Å². The van der Waals surface area contributed by atoms with Gasteiger partial charge >= 0.3 is 0 Å². The molecule has 0 spiro atoms. The number of aryl methyl sites for hydroxylation is 1. The summed E-state index contributed by atoms with van der Waals surface area (Å²) in [5, 5.41) is 0. The highest BCUT2D eigenvalue weighted by Gasteiger charge is 2.38. The number of amides is 1. The quantitative estimate of drug-likeness (QED) is 0.856. The molecule has 2 aliphatic rings. The zero-order valence-electron chi connectivity index (χ0n) is 14.4. The lowest BCUT2D eigenvalue weighted by Crippen LogP contribution is -2.60. The minimum atomic E-state index is 0.0524. The van der Waals surface area contributed by atoms with Gasteiger partial charge in [-0.1, -0.05) is 6.07 Å². The molecule has 0 aliphatic carbocycles. The lowest BCUT2D eigenvalue weighted by Gasteiger charge is -2.47. The molecule has 2 aromatic heterocycles. The predicted molar refractivity (Wildman–Crippen MR) is 92.1 cm³/mol. The third-order valence-electron chi connectivity index (χ3n) is 5.18. The standard InChI is InChI=1S/C19H23N3O3/c1-14-16(5-9-24-14)19(23)22-7-4-18-17(13-22)21(8-10-25-18)12-15-3-2-6-20-11-15/h2-3,5-6,9,11,17-18H,4,7-8,10,12-13H2,1H3/t17-,18-/m1/s1. The van der Waals surface area contributed by atoms with Crippen LogP contribution in [0.1, 0.15) is 28.1 Å². The largest absolute Gasteiger partial charge is 0.469 e. The molecule has 0 aromatic carbocycles. The summed E-state index contributed by atoms with van der Waals surface area (Å²) in [4.78, 5) is 21.4. The molecule has 1 amide bonds. The van der Waals surface area contributed by atoms with Gasteiger partial charge in [-0.05, 0) is 31.0 Å². The first-order valence-corrected chi connectivity index (χ1v) is 8.80. The molecule has 2 aromatic rings. The summed E-state index contributed by atoms with van der Waals surface area (Å²) >= 11 is 0. The van der Waals surface area contributed by atoms with Gasteiger partial charge in [0.25, 0.3) is 5.91 Å². The highest BCUT2D eigenvalue weighted by molar-refractivity contribution is 5.95. The number of aromatic nitrogens is 1. The van der Waals surface area contributed by atoms with E-state index in [9.17, 15) is 4.79 Å². The second-order valence-electron chi connectivity index (χ2n) is 6.74. The lowest BCUT2D eigenvalue weighted by atomic mass is 9.97. The van der Waals surface area contributed by atoms with Gasteiger partial charge in [-0.3, -0.25) is 14.7 Å². The van der Waals surface area contributed by atoms with E-state index in [-0.39, 0.29) is 18.1 Å². The van der Waals surface area contributed by atoms with Gasteiger partial charge in [-0.15, -0.1) is 0 Å². The van der Waals surface area contributed by atoms with Crippen molar-refractivity contribution in [2.24, 2.45) is 0 Å². The first-order chi connectivity index (χ1) is 12.2. The fourth-order valence-electron chi connectivity index (χ4n) is 3.83. The van der Waals surface area contributed by atoms with Crippen molar-refractivity contribution >= 4 is 5.91 Å². The molecule has 2 saturated heterocycles. The van der Waals surface area contributed by atoms with Crippen LogP contribution in [0, 0.1) is 6.92 Å². The minimum Gasteiger partial charge on any atom is -0.469 e. The summed E-state index contributed by atoms with van der Waals surface area (Å²) in [5.74, 6) is 0.732. The van der Waals surface area contributed by atoms with Gasteiger partial charge in [0.15, 0.2) is 0 Å². The number of pyridine rings is 1. The SMILES string of the molecule is Cc1occc1C(=O)N1CC[C@H]2OCCN(Cc3cccnc3)[C@@H]2C1. The van der Waals surface area contributed by atoms with Crippen LogP contribution >= 0.6 is 0 Å². The number of furan rings is 1. The maximum atomic E-state index is 12.8. The molecule has 0 N–H and O–H groups in total. The number of ether oxygens (including phenoxy) is 1. The molecule has 2 aliphatic heterocycles. The molecule has 25 heavy (non-hydrogen) atoms. The fourth-order valence-corrected chi connectivity index (χ4v) is 3.83. The molecule has 132 valence electrons. The molecule has 6 heteroatoms. The van der Waals surface area contributed by atoms with E-state index in [4.69, 9.17) is 9.15 Å². The maximum absolute atomic E-state index is 12.8. The van der Waals surface area contributed by atoms with Crippen LogP contribution in [0.5, 0.6) is 0 Å². The number of hydrogen-bond donors (Lipinski definition) is 0. The number of carbonyl (C=O) groups excluding carboxylic acids is 1. The van der Waals surface area contributed by atoms with Crippen LogP contribution in [0.15, 0.2) is 41.3 Å². The van der Waals surface area contributed by atoms with E-state index in [1.165, 1.54) is 5.56 Å². The third-order valence-corrected chi connectivity index (χ3v) is 5.18. The second-order valence-corrected chi connectivity index (χ2v) is 6.74. The van der Waals surface area contributed by atoms with E-state index < -0.39 is 0 Å². The van der Waals surface area contributed by atoms with Crippen LogP contribution < -0.4 is 0 Å². The summed E-state index contributed by atoms with van der Waals surface area (Å²) in [5.41, 5.74) is 1.85. The van der Waals surface area contributed by atoms with E-state index in [1.807, 2.05) is 24.1 Å². The third kappa shape index (κ3) is 3.32. The number of carbonyl (C=O) groups is 1. The Balaban J connectivity index is 1.49. The van der Waals surface area contributed by atoms with Crippen molar-refractivity contribution < 1.29 is 13.9 Å². The minimum absolute atomic E-state index is 0.0524. The van der Waals surface area contributed by atoms with Crippen molar-refractivity contribution in [2.75, 3.05) is 26.2 Å². The Labute approximate surface area is 147 Å². The predicted octanol–water partition coefficient (Wildman–Crippen LogP) is 2.10. The number of likely N-dealkylation sites (tertiary alicyclic amines) is 1. The Bertz CT molecular complexity index is 731. The Morgan fingerprint density at radius 2 is 2.28 bits per heavy atom. The molecule has 0 unspecified atom stereocenters. The van der Waals surface area contributed by atoms with E-state index >= 15 is 0 Å². The molecule has 6 nitrogen and oxygen atoms in total. The zero-order chi connectivity index (χ0) is 17.2. The van der Waals surface area contributed by atoms with Crippen LogP contribution in [-0.2, 0) is 11.3 Å². The zero-order valence-corrected chi connectivity index (χ0v) is 14.4. The smallest absolute Gasteiger partial charge is 0.257 e. The molecule has 4 rings (SSSR count). The van der Waals surface area contributed by atoms with Crippen LogP contribution in [0.25, 0.3) is 0 Å². The normalized spacial score (nSPS) is 24.1. The molecule has 0 bridgehead atoms. The Hall–Kier alpha value is -2.18. The summed E-state index contributed by atoms with van der Waals surface area (Å²) in [6.45, 7) is 5.71. The van der Waals surface area contributed by atoms with Crippen molar-refractivity contribution in [1.82, 2.24) is 14.8 Å². The summed E-state index contributed by atoms with van der Waals surface area (Å²) in [6, 6.07) is 6.04. The first kappa shape index (κ1) is 16.3. The van der Waals surface area contributed by atoms with Crippen molar-refractivity contribution in [3.63, 3.8) is 0 Å². The van der Waals surface area contributed by atoms with Gasteiger partial charge in [0, 0.05) is 38.6 Å². The second kappa shape index (κ2) is 6.98. The van der Waals surface area contributed by atoms with Gasteiger partial charge in [-0.2, -0.15) is 0 Å². The number of hydrogen-bond acceptors (Lipinski definition) is 5. The number of rotatable bonds is 3. The monoisotopic (exact) mass is 341 g/mol. The first-order valence-electron chi connectivity index (χ1n) is 8.80. The van der Waals surface area contributed by atoms with E-state index in [0.29, 0.717) is 17.9 Å². The van der Waals surface area contributed by atoms with E-state index in [0.717, 1.165) is 32.7 Å². The summed E-state index contributed by atoms with van der Waals surface area (Å²) < 4.78 is 11.3. The molecular weight excluding hydrogens is 318 g/mol. The van der Waals surface area contributed by atoms with Gasteiger partial charge < -0.3 is 14.1 Å². The van der Waals surface area contributed by atoms with Crippen molar-refractivity contribution in [3.05, 3.63) is 53.7 Å². The molecule has 2 fully saturated rings. The van der Waals surface area contributed by atoms with E-state index in [1.54, 1.807) is 18.5 Å². The molecule has 0 radical (unpaired) electrons. The van der Waals surface area contributed by atoms with Crippen LogP contribution in [0.2, 0.25) is 0 Å². The number of nitrogens with zero attached hydrogens (tertiary/aromatic N) is 3. The maximum Gasteiger partial charge on any atom is 0.257 e. The van der Waals surface area contributed by atoms with E-state index in [2.05, 4.69) is 16.0 Å². The van der Waals surface area contributed by atoms with Crippen molar-refractivity contribution in [1.29, 1.82) is 0 Å².